The zero-order valence-corrected chi connectivity index (χ0v) is 13.3. The highest BCUT2D eigenvalue weighted by Gasteiger charge is 2.41. The molecule has 21 heavy (non-hydrogen) atoms. The van der Waals surface area contributed by atoms with E-state index >= 15 is 0 Å². The van der Waals surface area contributed by atoms with Crippen molar-refractivity contribution >= 4 is 17.4 Å². The molecule has 1 fully saturated rings. The van der Waals surface area contributed by atoms with Crippen LogP contribution in [-0.2, 0) is 16.1 Å². The van der Waals surface area contributed by atoms with E-state index in [1.165, 1.54) is 11.5 Å². The number of nitrogens with one attached hydrogen (secondary N) is 1. The summed E-state index contributed by atoms with van der Waals surface area (Å²) in [5, 5.41) is 17.7. The lowest BCUT2D eigenvalue weighted by molar-refractivity contribution is -0.157. The number of likely N-dealkylation sites (tertiary alicyclic amines) is 1. The molecule has 0 bridgehead atoms. The maximum Gasteiger partial charge on any atom is 0.255 e. The van der Waals surface area contributed by atoms with Crippen molar-refractivity contribution < 1.29 is 14.6 Å². The van der Waals surface area contributed by atoms with E-state index in [9.17, 15) is 9.90 Å². The number of hydrogen-bond acceptors (Lipinski definition) is 7. The Bertz CT molecular complexity index is 482. The van der Waals surface area contributed by atoms with Crippen molar-refractivity contribution in [3.05, 3.63) is 10.6 Å². The number of aromatic nitrogens is 2. The van der Waals surface area contributed by atoms with Gasteiger partial charge in [-0.3, -0.25) is 4.79 Å². The Morgan fingerprint density at radius 3 is 3.05 bits per heavy atom. The van der Waals surface area contributed by atoms with E-state index in [0.717, 1.165) is 17.0 Å². The molecule has 1 unspecified atom stereocenters. The van der Waals surface area contributed by atoms with Gasteiger partial charge in [0.1, 0.15) is 0 Å². The molecule has 2 rings (SSSR count). The monoisotopic (exact) mass is 314 g/mol. The maximum absolute atomic E-state index is 12.4. The van der Waals surface area contributed by atoms with E-state index in [1.807, 2.05) is 6.92 Å². The van der Waals surface area contributed by atoms with E-state index < -0.39 is 5.60 Å². The standard InChI is InChI=1S/C13H22N4O3S/c1-10-11(21-16-15-10)8-14-9-13(19)4-3-5-17(12(13)18)6-7-20-2/h14,19H,3-9H2,1-2H3. The fourth-order valence-electron chi connectivity index (χ4n) is 2.44. The number of ether oxygens (including phenoxy) is 1. The summed E-state index contributed by atoms with van der Waals surface area (Å²) in [5.41, 5.74) is -0.436. The molecule has 2 N–H and O–H groups in total. The van der Waals surface area contributed by atoms with Crippen LogP contribution in [0.15, 0.2) is 0 Å². The van der Waals surface area contributed by atoms with Gasteiger partial charge >= 0.3 is 0 Å². The highest BCUT2D eigenvalue weighted by atomic mass is 32.1. The maximum atomic E-state index is 12.4. The van der Waals surface area contributed by atoms with Crippen LogP contribution in [-0.4, -0.2) is 64.5 Å². The first-order valence-electron chi connectivity index (χ1n) is 7.06. The Morgan fingerprint density at radius 2 is 2.38 bits per heavy atom. The van der Waals surface area contributed by atoms with Crippen LogP contribution < -0.4 is 5.32 Å². The fraction of sp³-hybridized carbons (Fsp3) is 0.769. The molecule has 118 valence electrons. The van der Waals surface area contributed by atoms with Gasteiger partial charge in [-0.15, -0.1) is 5.10 Å². The smallest absolute Gasteiger partial charge is 0.255 e. The molecule has 2 heterocycles. The average molecular weight is 314 g/mol. The predicted molar refractivity (Wildman–Crippen MR) is 79.0 cm³/mol. The van der Waals surface area contributed by atoms with Gasteiger partial charge in [0, 0.05) is 33.3 Å². The summed E-state index contributed by atoms with van der Waals surface area (Å²) in [4.78, 5) is 15.1. The minimum absolute atomic E-state index is 0.211. The molecule has 0 saturated carbocycles. The van der Waals surface area contributed by atoms with E-state index in [0.29, 0.717) is 32.7 Å². The number of carbonyl (C=O) groups excluding carboxylic acids is 1. The second-order valence-corrected chi connectivity index (χ2v) is 6.14. The normalized spacial score (nSPS) is 22.8. The number of piperidine rings is 1. The van der Waals surface area contributed by atoms with Gasteiger partial charge in [-0.05, 0) is 31.3 Å². The topological polar surface area (TPSA) is 87.6 Å². The molecule has 0 radical (unpaired) electrons. The van der Waals surface area contributed by atoms with Gasteiger partial charge in [-0.1, -0.05) is 4.49 Å². The highest BCUT2D eigenvalue weighted by molar-refractivity contribution is 7.05. The second-order valence-electron chi connectivity index (χ2n) is 5.31. The van der Waals surface area contributed by atoms with E-state index in [4.69, 9.17) is 4.74 Å². The van der Waals surface area contributed by atoms with Crippen molar-refractivity contribution in [2.24, 2.45) is 0 Å². The molecular weight excluding hydrogens is 292 g/mol. The highest BCUT2D eigenvalue weighted by Crippen LogP contribution is 2.22. The molecule has 8 heteroatoms. The average Bonchev–Trinajstić information content (AvgIpc) is 2.86. The predicted octanol–water partition coefficient (Wildman–Crippen LogP) is -0.0640. The van der Waals surface area contributed by atoms with Gasteiger partial charge in [-0.25, -0.2) is 0 Å². The molecule has 1 saturated heterocycles. The number of carbonyl (C=O) groups is 1. The Kier molecular flexibility index (Phi) is 5.63. The number of aryl methyl sites for hydroxylation is 1. The lowest BCUT2D eigenvalue weighted by Crippen LogP contribution is -2.58. The van der Waals surface area contributed by atoms with Gasteiger partial charge in [0.15, 0.2) is 5.60 Å². The third-order valence-corrected chi connectivity index (χ3v) is 4.54. The van der Waals surface area contributed by atoms with Crippen LogP contribution in [0.2, 0.25) is 0 Å². The summed E-state index contributed by atoms with van der Waals surface area (Å²) < 4.78 is 8.87. The molecule has 1 amide bonds. The molecule has 0 aromatic carbocycles. The molecule has 1 aliphatic heterocycles. The van der Waals surface area contributed by atoms with Crippen LogP contribution in [0.1, 0.15) is 23.4 Å². The van der Waals surface area contributed by atoms with E-state index in [1.54, 1.807) is 12.0 Å². The number of methoxy groups -OCH3 is 1. The number of nitrogens with zero attached hydrogens (tertiary/aromatic N) is 3. The number of hydrogen-bond donors (Lipinski definition) is 2. The van der Waals surface area contributed by atoms with Crippen LogP contribution in [0.5, 0.6) is 0 Å². The van der Waals surface area contributed by atoms with Gasteiger partial charge in [0.05, 0.1) is 17.2 Å². The summed E-state index contributed by atoms with van der Waals surface area (Å²) in [6.07, 6.45) is 1.29. The Balaban J connectivity index is 1.88. The van der Waals surface area contributed by atoms with Crippen molar-refractivity contribution in [3.63, 3.8) is 0 Å². The van der Waals surface area contributed by atoms with Gasteiger partial charge in [0.25, 0.3) is 5.91 Å². The number of amides is 1. The summed E-state index contributed by atoms with van der Waals surface area (Å²) in [5.74, 6) is -0.211. The summed E-state index contributed by atoms with van der Waals surface area (Å²) in [6, 6.07) is 0. The van der Waals surface area contributed by atoms with Crippen molar-refractivity contribution in [1.82, 2.24) is 19.8 Å². The molecule has 1 aromatic rings. The largest absolute Gasteiger partial charge is 0.383 e. The van der Waals surface area contributed by atoms with Crippen LogP contribution in [0.3, 0.4) is 0 Å². The van der Waals surface area contributed by atoms with Crippen molar-refractivity contribution in [2.45, 2.75) is 31.9 Å². The Labute approximate surface area is 128 Å². The van der Waals surface area contributed by atoms with Gasteiger partial charge in [0.2, 0.25) is 0 Å². The van der Waals surface area contributed by atoms with Crippen LogP contribution in [0.25, 0.3) is 0 Å². The molecule has 0 aliphatic carbocycles. The van der Waals surface area contributed by atoms with Crippen molar-refractivity contribution in [1.29, 1.82) is 0 Å². The Hall–Kier alpha value is -1.09. The number of aliphatic hydroxyl groups is 1. The molecule has 1 aliphatic rings. The second kappa shape index (κ2) is 7.26. The molecule has 0 spiro atoms. The first-order valence-corrected chi connectivity index (χ1v) is 7.83. The minimum atomic E-state index is -1.32. The summed E-state index contributed by atoms with van der Waals surface area (Å²) >= 11 is 1.33. The zero-order chi connectivity index (χ0) is 15.3. The third-order valence-electron chi connectivity index (χ3n) is 3.72. The first-order chi connectivity index (χ1) is 10.1. The van der Waals surface area contributed by atoms with Crippen LogP contribution in [0, 0.1) is 6.92 Å². The number of rotatable bonds is 7. The minimum Gasteiger partial charge on any atom is -0.383 e. The quantitative estimate of drug-likeness (QED) is 0.733. The summed E-state index contributed by atoms with van der Waals surface area (Å²) in [7, 11) is 1.60. The lowest BCUT2D eigenvalue weighted by atomic mass is 9.91. The fourth-order valence-corrected chi connectivity index (χ4v) is 3.04. The van der Waals surface area contributed by atoms with Crippen molar-refractivity contribution in [3.8, 4) is 0 Å². The Morgan fingerprint density at radius 1 is 1.57 bits per heavy atom. The molecule has 7 nitrogen and oxygen atoms in total. The molecule has 1 aromatic heterocycles. The lowest BCUT2D eigenvalue weighted by Gasteiger charge is -2.38. The zero-order valence-electron chi connectivity index (χ0n) is 12.5. The summed E-state index contributed by atoms with van der Waals surface area (Å²) in [6.45, 7) is 4.40. The van der Waals surface area contributed by atoms with E-state index in [2.05, 4.69) is 14.9 Å². The molecular formula is C13H22N4O3S. The molecule has 1 atom stereocenters. The van der Waals surface area contributed by atoms with Crippen LogP contribution in [0.4, 0.5) is 0 Å². The van der Waals surface area contributed by atoms with Gasteiger partial charge in [-0.2, -0.15) is 0 Å². The van der Waals surface area contributed by atoms with Crippen molar-refractivity contribution in [2.75, 3.05) is 33.4 Å². The van der Waals surface area contributed by atoms with Gasteiger partial charge < -0.3 is 20.1 Å². The third kappa shape index (κ3) is 3.97. The van der Waals surface area contributed by atoms with Crippen LogP contribution >= 0.6 is 11.5 Å². The van der Waals surface area contributed by atoms with E-state index in [-0.39, 0.29) is 12.5 Å². The first kappa shape index (κ1) is 16.3. The SMILES string of the molecule is COCCN1CCCC(O)(CNCc2snnc2C)C1=O.